The predicted molar refractivity (Wildman–Crippen MR) is 100 cm³/mol. The van der Waals surface area contributed by atoms with Gasteiger partial charge in [-0.1, -0.05) is 0 Å². The summed E-state index contributed by atoms with van der Waals surface area (Å²) in [4.78, 5) is 12.5. The van der Waals surface area contributed by atoms with Crippen molar-refractivity contribution in [1.29, 1.82) is 0 Å². The Balaban J connectivity index is 2.89. The fraction of sp³-hybridized carbons (Fsp3) is 0.632. The Morgan fingerprint density at radius 3 is 2.46 bits per heavy atom. The van der Waals surface area contributed by atoms with E-state index in [0.29, 0.717) is 19.6 Å². The molecule has 1 N–H and O–H groups in total. The molecule has 0 heterocycles. The number of rotatable bonds is 9. The fourth-order valence-electron chi connectivity index (χ4n) is 2.34. The minimum absolute atomic E-state index is 0.320. The van der Waals surface area contributed by atoms with Crippen molar-refractivity contribution >= 4 is 6.09 Å². The van der Waals surface area contributed by atoms with Gasteiger partial charge < -0.3 is 18.9 Å². The second-order valence-corrected chi connectivity index (χ2v) is 6.79. The van der Waals surface area contributed by atoms with Crippen molar-refractivity contribution in [2.75, 3.05) is 27.4 Å². The van der Waals surface area contributed by atoms with Crippen LogP contribution in [0, 0.1) is 0 Å². The Labute approximate surface area is 156 Å². The van der Waals surface area contributed by atoms with Crippen molar-refractivity contribution < 1.29 is 23.7 Å². The number of hydrogen-bond acceptors (Lipinski definition) is 6. The van der Waals surface area contributed by atoms with Gasteiger partial charge in [0.1, 0.15) is 23.3 Å². The molecule has 26 heavy (non-hydrogen) atoms. The van der Waals surface area contributed by atoms with Crippen LogP contribution in [0.5, 0.6) is 11.5 Å². The van der Waals surface area contributed by atoms with Gasteiger partial charge in [-0.15, -0.1) is 0 Å². The zero-order chi connectivity index (χ0) is 19.7. The van der Waals surface area contributed by atoms with E-state index in [4.69, 9.17) is 18.9 Å². The maximum absolute atomic E-state index is 12.5. The number of ether oxygens (including phenoxy) is 4. The molecular formula is C19H32N2O5. The number of hydrazine groups is 1. The van der Waals surface area contributed by atoms with E-state index in [9.17, 15) is 4.79 Å². The molecule has 1 aromatic carbocycles. The molecule has 148 valence electrons. The first kappa shape index (κ1) is 22.1. The highest BCUT2D eigenvalue weighted by molar-refractivity contribution is 5.67. The van der Waals surface area contributed by atoms with Crippen LogP contribution in [0.4, 0.5) is 4.79 Å². The lowest BCUT2D eigenvalue weighted by atomic mass is 10.1. The molecule has 0 saturated heterocycles. The average Bonchev–Trinajstić information content (AvgIpc) is 2.56. The van der Waals surface area contributed by atoms with Crippen LogP contribution in [-0.2, 0) is 15.9 Å². The Morgan fingerprint density at radius 1 is 1.23 bits per heavy atom. The highest BCUT2D eigenvalue weighted by atomic mass is 16.6. The predicted octanol–water partition coefficient (Wildman–Crippen LogP) is 3.37. The first-order valence-electron chi connectivity index (χ1n) is 8.79. The maximum Gasteiger partial charge on any atom is 0.424 e. The zero-order valence-electron chi connectivity index (χ0n) is 16.9. The minimum atomic E-state index is -0.584. The second-order valence-electron chi connectivity index (χ2n) is 6.79. The van der Waals surface area contributed by atoms with Gasteiger partial charge in [-0.05, 0) is 64.8 Å². The molecule has 1 aromatic rings. The van der Waals surface area contributed by atoms with Gasteiger partial charge in [0, 0.05) is 13.2 Å². The van der Waals surface area contributed by atoms with Gasteiger partial charge in [-0.2, -0.15) is 0 Å². The summed E-state index contributed by atoms with van der Waals surface area (Å²) in [5.74, 6) is 1.48. The Hall–Kier alpha value is -1.99. The van der Waals surface area contributed by atoms with Gasteiger partial charge in [0.2, 0.25) is 0 Å². The minimum Gasteiger partial charge on any atom is -0.497 e. The molecule has 0 aliphatic rings. The smallest absolute Gasteiger partial charge is 0.424 e. The van der Waals surface area contributed by atoms with Crippen LogP contribution in [0.1, 0.15) is 40.2 Å². The Morgan fingerprint density at radius 2 is 1.92 bits per heavy atom. The first-order valence-corrected chi connectivity index (χ1v) is 8.79. The molecular weight excluding hydrogens is 336 g/mol. The summed E-state index contributed by atoms with van der Waals surface area (Å²) in [6, 6.07) is 5.59. The van der Waals surface area contributed by atoms with Crippen LogP contribution in [0.3, 0.4) is 0 Å². The molecule has 0 aromatic heterocycles. The van der Waals surface area contributed by atoms with E-state index in [1.54, 1.807) is 14.2 Å². The molecule has 0 saturated carbocycles. The fourth-order valence-corrected chi connectivity index (χ4v) is 2.34. The summed E-state index contributed by atoms with van der Waals surface area (Å²) in [7, 11) is 3.23. The van der Waals surface area contributed by atoms with E-state index in [0.717, 1.165) is 17.1 Å². The molecule has 1 atom stereocenters. The topological polar surface area (TPSA) is 69.3 Å². The number of carbonyl (C=O) groups is 1. The lowest BCUT2D eigenvalue weighted by molar-refractivity contribution is -0.0307. The van der Waals surface area contributed by atoms with Crippen molar-refractivity contribution in [2.45, 2.75) is 52.9 Å². The van der Waals surface area contributed by atoms with Crippen molar-refractivity contribution in [3.8, 4) is 11.5 Å². The molecule has 7 nitrogen and oxygen atoms in total. The second kappa shape index (κ2) is 10.2. The van der Waals surface area contributed by atoms with Gasteiger partial charge in [0.25, 0.3) is 0 Å². The van der Waals surface area contributed by atoms with E-state index in [1.165, 1.54) is 5.01 Å². The normalized spacial score (nSPS) is 12.4. The van der Waals surface area contributed by atoms with Crippen molar-refractivity contribution in [3.63, 3.8) is 0 Å². The third kappa shape index (κ3) is 7.49. The number of carbonyl (C=O) groups excluding carboxylic acids is 1. The summed E-state index contributed by atoms with van der Waals surface area (Å²) in [6.45, 7) is 10.2. The number of hydrogen-bond donors (Lipinski definition) is 1. The number of nitrogens with one attached hydrogen (secondary N) is 1. The van der Waals surface area contributed by atoms with Gasteiger partial charge in [-0.3, -0.25) is 0 Å². The van der Waals surface area contributed by atoms with Crippen LogP contribution in [0.2, 0.25) is 0 Å². The molecule has 1 rings (SSSR count). The van der Waals surface area contributed by atoms with Gasteiger partial charge in [0.05, 0.1) is 14.2 Å². The van der Waals surface area contributed by atoms with Gasteiger partial charge in [0.15, 0.2) is 0 Å². The summed E-state index contributed by atoms with van der Waals surface area (Å²) in [5.41, 5.74) is 3.39. The summed E-state index contributed by atoms with van der Waals surface area (Å²) in [5, 5.41) is 1.44. The lowest BCUT2D eigenvalue weighted by Gasteiger charge is -2.30. The molecule has 0 spiro atoms. The molecule has 7 heteroatoms. The Kier molecular flexibility index (Phi) is 8.68. The number of methoxy groups -OCH3 is 2. The van der Waals surface area contributed by atoms with Crippen LogP contribution < -0.4 is 14.9 Å². The summed E-state index contributed by atoms with van der Waals surface area (Å²) in [6.07, 6.45) is -0.212. The SMILES string of the molecule is CCOC(C)NN(CCc1cc(OC)ccc1OC)C(=O)OC(C)(C)C. The largest absolute Gasteiger partial charge is 0.497 e. The van der Waals surface area contributed by atoms with Crippen LogP contribution in [0.15, 0.2) is 18.2 Å². The standard InChI is InChI=1S/C19H32N2O5/c1-8-25-14(2)20-21(18(22)26-19(3,4)5)12-11-15-13-16(23-6)9-10-17(15)24-7/h9-10,13-14,20H,8,11-12H2,1-7H3. The zero-order valence-corrected chi connectivity index (χ0v) is 16.9. The quantitative estimate of drug-likeness (QED) is 0.532. The highest BCUT2D eigenvalue weighted by Gasteiger charge is 2.23. The number of amides is 1. The van der Waals surface area contributed by atoms with E-state index in [2.05, 4.69) is 5.43 Å². The highest BCUT2D eigenvalue weighted by Crippen LogP contribution is 2.24. The summed E-state index contributed by atoms with van der Waals surface area (Å²) < 4.78 is 21.6. The van der Waals surface area contributed by atoms with E-state index in [-0.39, 0.29) is 6.23 Å². The van der Waals surface area contributed by atoms with Crippen LogP contribution in [0.25, 0.3) is 0 Å². The van der Waals surface area contributed by atoms with Gasteiger partial charge in [-0.25, -0.2) is 15.2 Å². The van der Waals surface area contributed by atoms with E-state index in [1.807, 2.05) is 52.8 Å². The molecule has 1 unspecified atom stereocenters. The third-order valence-electron chi connectivity index (χ3n) is 3.46. The summed E-state index contributed by atoms with van der Waals surface area (Å²) >= 11 is 0. The molecule has 0 fully saturated rings. The van der Waals surface area contributed by atoms with Crippen LogP contribution in [-0.4, -0.2) is 50.3 Å². The van der Waals surface area contributed by atoms with Crippen molar-refractivity contribution in [1.82, 2.24) is 10.4 Å². The molecule has 0 aliphatic carbocycles. The Bertz CT molecular complexity index is 572. The maximum atomic E-state index is 12.5. The van der Waals surface area contributed by atoms with E-state index >= 15 is 0 Å². The molecule has 0 aliphatic heterocycles. The number of nitrogens with zero attached hydrogens (tertiary/aromatic N) is 1. The monoisotopic (exact) mass is 368 g/mol. The van der Waals surface area contributed by atoms with Crippen molar-refractivity contribution in [2.24, 2.45) is 0 Å². The molecule has 0 radical (unpaired) electrons. The third-order valence-corrected chi connectivity index (χ3v) is 3.46. The average molecular weight is 368 g/mol. The number of benzene rings is 1. The lowest BCUT2D eigenvalue weighted by Crippen LogP contribution is -2.50. The first-order chi connectivity index (χ1) is 12.2. The van der Waals surface area contributed by atoms with Crippen LogP contribution >= 0.6 is 0 Å². The van der Waals surface area contributed by atoms with Crippen molar-refractivity contribution in [3.05, 3.63) is 23.8 Å². The van der Waals surface area contributed by atoms with Gasteiger partial charge >= 0.3 is 6.09 Å². The molecule has 1 amide bonds. The van der Waals surface area contributed by atoms with E-state index < -0.39 is 11.7 Å². The molecule has 0 bridgehead atoms.